The van der Waals surface area contributed by atoms with Crippen LogP contribution in [0.3, 0.4) is 0 Å². The first-order valence-electron chi connectivity index (χ1n) is 8.60. The van der Waals surface area contributed by atoms with Gasteiger partial charge in [0.1, 0.15) is 11.6 Å². The summed E-state index contributed by atoms with van der Waals surface area (Å²) in [6.45, 7) is 4.00. The topological polar surface area (TPSA) is 32.3 Å². The number of amides is 1. The average molecular weight is 322 g/mol. The van der Waals surface area contributed by atoms with Crippen molar-refractivity contribution in [3.8, 4) is 0 Å². The fraction of sp³-hybridized carbons (Fsp3) is 0.611. The summed E-state index contributed by atoms with van der Waals surface area (Å²) in [5, 5.41) is 3.00. The first-order chi connectivity index (χ1) is 11.1. The number of likely N-dealkylation sites (tertiary alicyclic amines) is 1. The molecule has 1 aliphatic heterocycles. The van der Waals surface area contributed by atoms with Crippen LogP contribution in [-0.4, -0.2) is 36.0 Å². The van der Waals surface area contributed by atoms with Crippen LogP contribution in [0.1, 0.15) is 50.5 Å². The van der Waals surface area contributed by atoms with Crippen LogP contribution in [0.15, 0.2) is 18.2 Å². The van der Waals surface area contributed by atoms with Crippen LogP contribution in [0, 0.1) is 11.6 Å². The van der Waals surface area contributed by atoms with Crippen molar-refractivity contribution < 1.29 is 13.6 Å². The van der Waals surface area contributed by atoms with Crippen molar-refractivity contribution in [2.75, 3.05) is 13.1 Å². The predicted molar refractivity (Wildman–Crippen MR) is 85.1 cm³/mol. The molecule has 23 heavy (non-hydrogen) atoms. The van der Waals surface area contributed by atoms with E-state index in [1.54, 1.807) is 0 Å². The molecule has 3 rings (SSSR count). The molecule has 1 aromatic rings. The smallest absolute Gasteiger partial charge is 0.237 e. The molecular formula is C18H24F2N2O. The Morgan fingerprint density at radius 3 is 2.74 bits per heavy atom. The quantitative estimate of drug-likeness (QED) is 0.903. The van der Waals surface area contributed by atoms with Gasteiger partial charge in [0.25, 0.3) is 0 Å². The third-order valence-electron chi connectivity index (χ3n) is 4.92. The maximum atomic E-state index is 13.8. The van der Waals surface area contributed by atoms with Crippen LogP contribution in [0.4, 0.5) is 8.78 Å². The van der Waals surface area contributed by atoms with Crippen molar-refractivity contribution in [2.45, 2.75) is 57.0 Å². The van der Waals surface area contributed by atoms with Gasteiger partial charge in [-0.15, -0.1) is 0 Å². The Kier molecular flexibility index (Phi) is 4.95. The number of nitrogens with zero attached hydrogens (tertiary/aromatic N) is 1. The second-order valence-electron chi connectivity index (χ2n) is 6.64. The normalized spacial score (nSPS) is 27.7. The fourth-order valence-electron chi connectivity index (χ4n) is 3.66. The number of hydrogen-bond donors (Lipinski definition) is 1. The third-order valence-corrected chi connectivity index (χ3v) is 4.92. The molecule has 2 aliphatic rings. The van der Waals surface area contributed by atoms with E-state index >= 15 is 0 Å². The molecule has 0 radical (unpaired) electrons. The molecule has 1 aromatic carbocycles. The zero-order valence-electron chi connectivity index (χ0n) is 13.5. The van der Waals surface area contributed by atoms with Crippen LogP contribution in [0.2, 0.25) is 0 Å². The van der Waals surface area contributed by atoms with E-state index in [0.717, 1.165) is 38.8 Å². The maximum Gasteiger partial charge on any atom is 0.237 e. The zero-order valence-corrected chi connectivity index (χ0v) is 13.5. The lowest BCUT2D eigenvalue weighted by molar-refractivity contribution is -0.127. The first-order valence-corrected chi connectivity index (χ1v) is 8.60. The van der Waals surface area contributed by atoms with E-state index < -0.39 is 11.6 Å². The van der Waals surface area contributed by atoms with Crippen molar-refractivity contribution in [1.82, 2.24) is 10.2 Å². The molecule has 1 saturated carbocycles. The number of rotatable bonds is 5. The fourth-order valence-corrected chi connectivity index (χ4v) is 3.66. The van der Waals surface area contributed by atoms with E-state index in [9.17, 15) is 13.6 Å². The van der Waals surface area contributed by atoms with Gasteiger partial charge >= 0.3 is 0 Å². The first kappa shape index (κ1) is 16.4. The van der Waals surface area contributed by atoms with E-state index in [4.69, 9.17) is 0 Å². The monoisotopic (exact) mass is 322 g/mol. The minimum absolute atomic E-state index is 0.0161. The molecule has 2 fully saturated rings. The van der Waals surface area contributed by atoms with Gasteiger partial charge in [-0.25, -0.2) is 8.78 Å². The van der Waals surface area contributed by atoms with Crippen molar-refractivity contribution >= 4 is 5.91 Å². The Morgan fingerprint density at radius 2 is 2.04 bits per heavy atom. The van der Waals surface area contributed by atoms with Crippen LogP contribution < -0.4 is 5.32 Å². The van der Waals surface area contributed by atoms with Crippen molar-refractivity contribution in [1.29, 1.82) is 0 Å². The molecule has 0 aromatic heterocycles. The number of carbonyl (C=O) groups is 1. The SMILES string of the molecule is CCCN1CCCCC1C(=O)NC1CC1c1c(F)cccc1F. The average Bonchev–Trinajstić information content (AvgIpc) is 3.26. The summed E-state index contributed by atoms with van der Waals surface area (Å²) < 4.78 is 27.6. The molecule has 3 nitrogen and oxygen atoms in total. The van der Waals surface area contributed by atoms with Gasteiger partial charge in [0.15, 0.2) is 0 Å². The van der Waals surface area contributed by atoms with Crippen LogP contribution >= 0.6 is 0 Å². The van der Waals surface area contributed by atoms with Crippen LogP contribution in [0.25, 0.3) is 0 Å². The van der Waals surface area contributed by atoms with Gasteiger partial charge in [-0.1, -0.05) is 19.4 Å². The van der Waals surface area contributed by atoms with Crippen molar-refractivity contribution in [3.05, 3.63) is 35.4 Å². The molecule has 3 unspecified atom stereocenters. The van der Waals surface area contributed by atoms with Gasteiger partial charge in [0.2, 0.25) is 5.91 Å². The Bertz CT molecular complexity index is 556. The minimum atomic E-state index is -0.517. The Balaban J connectivity index is 1.61. The molecule has 1 heterocycles. The zero-order chi connectivity index (χ0) is 16.4. The summed E-state index contributed by atoms with van der Waals surface area (Å²) in [6.07, 6.45) is 4.71. The number of piperidine rings is 1. The molecule has 1 saturated heterocycles. The van der Waals surface area contributed by atoms with E-state index in [1.165, 1.54) is 18.2 Å². The molecular weight excluding hydrogens is 298 g/mol. The van der Waals surface area contributed by atoms with E-state index in [1.807, 2.05) is 0 Å². The van der Waals surface area contributed by atoms with Crippen molar-refractivity contribution in [2.24, 2.45) is 0 Å². The molecule has 0 bridgehead atoms. The lowest BCUT2D eigenvalue weighted by Crippen LogP contribution is -2.50. The highest BCUT2D eigenvalue weighted by molar-refractivity contribution is 5.82. The highest BCUT2D eigenvalue weighted by Crippen LogP contribution is 2.43. The third kappa shape index (κ3) is 3.55. The van der Waals surface area contributed by atoms with E-state index in [2.05, 4.69) is 17.1 Å². The summed E-state index contributed by atoms with van der Waals surface area (Å²) >= 11 is 0. The molecule has 1 amide bonds. The lowest BCUT2D eigenvalue weighted by Gasteiger charge is -2.34. The van der Waals surface area contributed by atoms with Gasteiger partial charge in [-0.2, -0.15) is 0 Å². The molecule has 1 N–H and O–H groups in total. The molecule has 5 heteroatoms. The Hall–Kier alpha value is -1.49. The molecule has 1 aliphatic carbocycles. The molecule has 3 atom stereocenters. The molecule has 0 spiro atoms. The number of nitrogens with one attached hydrogen (secondary N) is 1. The van der Waals surface area contributed by atoms with Crippen LogP contribution in [-0.2, 0) is 4.79 Å². The number of carbonyl (C=O) groups excluding carboxylic acids is 1. The Labute approximate surface area is 136 Å². The summed E-state index contributed by atoms with van der Waals surface area (Å²) in [6, 6.07) is 3.70. The second-order valence-corrected chi connectivity index (χ2v) is 6.64. The standard InChI is InChI=1S/C18H24F2N2O/c1-2-9-22-10-4-3-8-16(22)18(23)21-15-11-12(15)17-13(19)6-5-7-14(17)20/h5-7,12,15-16H,2-4,8-11H2,1H3,(H,21,23). The maximum absolute atomic E-state index is 13.8. The predicted octanol–water partition coefficient (Wildman–Crippen LogP) is 3.20. The van der Waals surface area contributed by atoms with Crippen LogP contribution in [0.5, 0.6) is 0 Å². The van der Waals surface area contributed by atoms with Gasteiger partial charge < -0.3 is 5.32 Å². The summed E-state index contributed by atoms with van der Waals surface area (Å²) in [4.78, 5) is 14.8. The van der Waals surface area contributed by atoms with Gasteiger partial charge in [-0.3, -0.25) is 9.69 Å². The van der Waals surface area contributed by atoms with Gasteiger partial charge in [0.05, 0.1) is 6.04 Å². The van der Waals surface area contributed by atoms with Gasteiger partial charge in [0, 0.05) is 17.5 Å². The van der Waals surface area contributed by atoms with E-state index in [-0.39, 0.29) is 29.5 Å². The number of benzene rings is 1. The minimum Gasteiger partial charge on any atom is -0.351 e. The largest absolute Gasteiger partial charge is 0.351 e. The van der Waals surface area contributed by atoms with Gasteiger partial charge in [-0.05, 0) is 50.9 Å². The van der Waals surface area contributed by atoms with E-state index in [0.29, 0.717) is 6.42 Å². The Morgan fingerprint density at radius 1 is 1.30 bits per heavy atom. The highest BCUT2D eigenvalue weighted by Gasteiger charge is 2.44. The summed E-state index contributed by atoms with van der Waals surface area (Å²) in [5.74, 6) is -1.25. The lowest BCUT2D eigenvalue weighted by atomic mass is 10.0. The number of hydrogen-bond acceptors (Lipinski definition) is 2. The summed E-state index contributed by atoms with van der Waals surface area (Å²) in [5.41, 5.74) is 0.117. The number of halogens is 2. The highest BCUT2D eigenvalue weighted by atomic mass is 19.1. The second kappa shape index (κ2) is 6.95. The van der Waals surface area contributed by atoms with Crippen molar-refractivity contribution in [3.63, 3.8) is 0 Å². The molecule has 126 valence electrons. The summed E-state index contributed by atoms with van der Waals surface area (Å²) in [7, 11) is 0.